The van der Waals surface area contributed by atoms with Gasteiger partial charge in [-0.25, -0.2) is 9.78 Å². The fraction of sp³-hybridized carbons (Fsp3) is 0.0500. The second-order valence-corrected chi connectivity index (χ2v) is 6.33. The number of carbonyl (C=O) groups is 2. The Morgan fingerprint density at radius 1 is 0.963 bits per heavy atom. The lowest BCUT2D eigenvalue weighted by Crippen LogP contribution is -2.21. The van der Waals surface area contributed by atoms with Gasteiger partial charge in [0.2, 0.25) is 0 Å². The maximum Gasteiger partial charge on any atom is 0.340 e. The first kappa shape index (κ1) is 18.9. The molecule has 0 unspecified atom stereocenters. The van der Waals surface area contributed by atoms with E-state index in [-0.39, 0.29) is 15.7 Å². The van der Waals surface area contributed by atoms with Crippen molar-refractivity contribution in [3.8, 4) is 11.1 Å². The molecule has 1 heterocycles. The molecule has 2 aromatic carbocycles. The normalized spacial score (nSPS) is 10.3. The van der Waals surface area contributed by atoms with Gasteiger partial charge in [-0.3, -0.25) is 4.79 Å². The van der Waals surface area contributed by atoms with Crippen LogP contribution in [0, 0.1) is 0 Å². The number of anilines is 1. The molecule has 0 spiro atoms. The number of esters is 1. The smallest absolute Gasteiger partial charge is 0.340 e. The van der Waals surface area contributed by atoms with E-state index in [1.165, 1.54) is 12.3 Å². The number of nitrogens with one attached hydrogen (secondary N) is 1. The topological polar surface area (TPSA) is 68.3 Å². The van der Waals surface area contributed by atoms with Crippen molar-refractivity contribution < 1.29 is 14.3 Å². The molecular formula is C20H14Cl2N2O3. The minimum atomic E-state index is -0.712. The van der Waals surface area contributed by atoms with Crippen molar-refractivity contribution in [1.82, 2.24) is 4.98 Å². The third-order valence-electron chi connectivity index (χ3n) is 3.64. The van der Waals surface area contributed by atoms with Crippen molar-refractivity contribution in [2.75, 3.05) is 11.9 Å². The molecule has 0 bridgehead atoms. The molecular weight excluding hydrogens is 387 g/mol. The molecule has 0 aliphatic heterocycles. The summed E-state index contributed by atoms with van der Waals surface area (Å²) in [7, 11) is 0. The predicted molar refractivity (Wildman–Crippen MR) is 105 cm³/mol. The van der Waals surface area contributed by atoms with E-state index < -0.39 is 18.5 Å². The quantitative estimate of drug-likeness (QED) is 0.490. The first-order valence-corrected chi connectivity index (χ1v) is 8.72. The molecule has 0 fully saturated rings. The second kappa shape index (κ2) is 8.66. The molecule has 3 rings (SSSR count). The first-order valence-electron chi connectivity index (χ1n) is 7.96. The number of benzene rings is 2. The zero-order chi connectivity index (χ0) is 19.2. The van der Waals surface area contributed by atoms with Crippen LogP contribution in [-0.2, 0) is 9.53 Å². The minimum Gasteiger partial charge on any atom is -0.452 e. The second-order valence-electron chi connectivity index (χ2n) is 5.56. The number of hydrogen-bond acceptors (Lipinski definition) is 4. The summed E-state index contributed by atoms with van der Waals surface area (Å²) < 4.78 is 4.96. The Morgan fingerprint density at radius 2 is 1.63 bits per heavy atom. The molecule has 0 atom stereocenters. The van der Waals surface area contributed by atoms with Crippen molar-refractivity contribution in [2.45, 2.75) is 0 Å². The Kier molecular flexibility index (Phi) is 6.06. The molecule has 0 radical (unpaired) electrons. The number of amides is 1. The summed E-state index contributed by atoms with van der Waals surface area (Å²) in [4.78, 5) is 27.7. The van der Waals surface area contributed by atoms with Crippen molar-refractivity contribution in [1.29, 1.82) is 0 Å². The average Bonchev–Trinajstić information content (AvgIpc) is 2.69. The SMILES string of the molecule is O=C(COC(=O)c1cnc(Cl)c(Cl)c1)Nc1ccc(-c2ccccc2)cc1. The lowest BCUT2D eigenvalue weighted by Gasteiger charge is -2.08. The van der Waals surface area contributed by atoms with Crippen LogP contribution < -0.4 is 5.32 Å². The lowest BCUT2D eigenvalue weighted by atomic mass is 10.1. The van der Waals surface area contributed by atoms with Gasteiger partial charge < -0.3 is 10.1 Å². The van der Waals surface area contributed by atoms with E-state index >= 15 is 0 Å². The zero-order valence-corrected chi connectivity index (χ0v) is 15.5. The number of rotatable bonds is 5. The highest BCUT2D eigenvalue weighted by atomic mass is 35.5. The molecule has 0 aliphatic carbocycles. The van der Waals surface area contributed by atoms with Crippen LogP contribution >= 0.6 is 23.2 Å². The number of hydrogen-bond donors (Lipinski definition) is 1. The molecule has 27 heavy (non-hydrogen) atoms. The Balaban J connectivity index is 1.54. The molecule has 1 amide bonds. The highest BCUT2D eigenvalue weighted by Crippen LogP contribution is 2.21. The van der Waals surface area contributed by atoms with Crippen LogP contribution in [0.4, 0.5) is 5.69 Å². The van der Waals surface area contributed by atoms with E-state index in [0.29, 0.717) is 5.69 Å². The number of nitrogens with zero attached hydrogens (tertiary/aromatic N) is 1. The van der Waals surface area contributed by atoms with Gasteiger partial charge in [0.15, 0.2) is 6.61 Å². The summed E-state index contributed by atoms with van der Waals surface area (Å²) in [6.07, 6.45) is 1.23. The van der Waals surface area contributed by atoms with Crippen molar-refractivity contribution in [2.24, 2.45) is 0 Å². The molecule has 0 saturated heterocycles. The van der Waals surface area contributed by atoms with E-state index in [1.54, 1.807) is 12.1 Å². The number of aromatic nitrogens is 1. The van der Waals surface area contributed by atoms with E-state index in [1.807, 2.05) is 42.5 Å². The fourth-order valence-electron chi connectivity index (χ4n) is 2.32. The summed E-state index contributed by atoms with van der Waals surface area (Å²) in [5.74, 6) is -1.17. The average molecular weight is 401 g/mol. The molecule has 1 N–H and O–H groups in total. The standard InChI is InChI=1S/C20H14Cl2N2O3/c21-17-10-15(11-23-19(17)22)20(26)27-12-18(25)24-16-8-6-14(7-9-16)13-4-2-1-3-5-13/h1-11H,12H2,(H,24,25). The molecule has 0 saturated carbocycles. The number of carbonyl (C=O) groups excluding carboxylic acids is 2. The van der Waals surface area contributed by atoms with Crippen molar-refractivity contribution in [3.63, 3.8) is 0 Å². The Morgan fingerprint density at radius 3 is 2.30 bits per heavy atom. The van der Waals surface area contributed by atoms with Gasteiger partial charge >= 0.3 is 5.97 Å². The number of ether oxygens (including phenoxy) is 1. The van der Waals surface area contributed by atoms with Gasteiger partial charge in [0.1, 0.15) is 5.15 Å². The van der Waals surface area contributed by atoms with Crippen LogP contribution in [-0.4, -0.2) is 23.5 Å². The Bertz CT molecular complexity index is 961. The molecule has 0 aliphatic rings. The molecule has 7 heteroatoms. The predicted octanol–water partition coefficient (Wildman–Crippen LogP) is 4.85. The number of halogens is 2. The van der Waals surface area contributed by atoms with Crippen LogP contribution in [0.5, 0.6) is 0 Å². The minimum absolute atomic E-state index is 0.0879. The van der Waals surface area contributed by atoms with Gasteiger partial charge in [-0.15, -0.1) is 0 Å². The summed E-state index contributed by atoms with van der Waals surface area (Å²) in [5, 5.41) is 2.89. The van der Waals surface area contributed by atoms with Crippen LogP contribution in [0.2, 0.25) is 10.2 Å². The van der Waals surface area contributed by atoms with Gasteiger partial charge in [-0.05, 0) is 29.3 Å². The van der Waals surface area contributed by atoms with E-state index in [2.05, 4.69) is 10.3 Å². The van der Waals surface area contributed by atoms with Crippen molar-refractivity contribution in [3.05, 3.63) is 82.6 Å². The summed E-state index contributed by atoms with van der Waals surface area (Å²) in [6.45, 7) is -0.431. The monoisotopic (exact) mass is 400 g/mol. The van der Waals surface area contributed by atoms with Gasteiger partial charge in [0, 0.05) is 11.9 Å². The van der Waals surface area contributed by atoms with Crippen LogP contribution in [0.15, 0.2) is 66.9 Å². The van der Waals surface area contributed by atoms with Crippen LogP contribution in [0.3, 0.4) is 0 Å². The summed E-state index contributed by atoms with van der Waals surface area (Å²) in [6, 6.07) is 18.6. The first-order chi connectivity index (χ1) is 13.0. The van der Waals surface area contributed by atoms with E-state index in [0.717, 1.165) is 11.1 Å². The third kappa shape index (κ3) is 5.06. The third-order valence-corrected chi connectivity index (χ3v) is 4.33. The highest BCUT2D eigenvalue weighted by molar-refractivity contribution is 6.41. The van der Waals surface area contributed by atoms with Gasteiger partial charge in [-0.2, -0.15) is 0 Å². The Labute approximate surface area is 165 Å². The molecule has 3 aromatic rings. The van der Waals surface area contributed by atoms with E-state index in [9.17, 15) is 9.59 Å². The zero-order valence-electron chi connectivity index (χ0n) is 14.0. The lowest BCUT2D eigenvalue weighted by molar-refractivity contribution is -0.119. The van der Waals surface area contributed by atoms with E-state index in [4.69, 9.17) is 27.9 Å². The molecule has 5 nitrogen and oxygen atoms in total. The van der Waals surface area contributed by atoms with Gasteiger partial charge in [0.05, 0.1) is 10.6 Å². The maximum absolute atomic E-state index is 12.0. The summed E-state index contributed by atoms with van der Waals surface area (Å²) >= 11 is 11.5. The Hall–Kier alpha value is -2.89. The fourth-order valence-corrected chi connectivity index (χ4v) is 2.59. The van der Waals surface area contributed by atoms with Crippen molar-refractivity contribution >= 4 is 40.8 Å². The van der Waals surface area contributed by atoms with Gasteiger partial charge in [0.25, 0.3) is 5.91 Å². The van der Waals surface area contributed by atoms with Crippen LogP contribution in [0.1, 0.15) is 10.4 Å². The largest absolute Gasteiger partial charge is 0.452 e. The highest BCUT2D eigenvalue weighted by Gasteiger charge is 2.13. The number of pyridine rings is 1. The van der Waals surface area contributed by atoms with Gasteiger partial charge in [-0.1, -0.05) is 65.7 Å². The molecule has 1 aromatic heterocycles. The maximum atomic E-state index is 12.0. The molecule has 136 valence electrons. The van der Waals surface area contributed by atoms with Crippen LogP contribution in [0.25, 0.3) is 11.1 Å². The summed E-state index contributed by atoms with van der Waals surface area (Å²) in [5.41, 5.74) is 2.84.